The third-order valence-corrected chi connectivity index (χ3v) is 3.51. The van der Waals surface area contributed by atoms with Crippen molar-refractivity contribution in [2.24, 2.45) is 0 Å². The zero-order valence-electron chi connectivity index (χ0n) is 12.3. The highest BCUT2D eigenvalue weighted by Gasteiger charge is 2.21. The van der Waals surface area contributed by atoms with E-state index in [-0.39, 0.29) is 11.9 Å². The Kier molecular flexibility index (Phi) is 4.75. The zero-order chi connectivity index (χ0) is 15.4. The van der Waals surface area contributed by atoms with E-state index in [2.05, 4.69) is 10.2 Å². The Morgan fingerprint density at radius 3 is 2.76 bits per heavy atom. The van der Waals surface area contributed by atoms with Crippen molar-refractivity contribution in [3.05, 3.63) is 41.0 Å². The van der Waals surface area contributed by atoms with Gasteiger partial charge in [-0.25, -0.2) is 4.79 Å². The number of aryl methyl sites for hydroxylation is 1. The average Bonchev–Trinajstić information content (AvgIpc) is 2.81. The molecule has 1 aromatic rings. The van der Waals surface area contributed by atoms with Gasteiger partial charge in [-0.05, 0) is 56.3 Å². The van der Waals surface area contributed by atoms with E-state index in [1.807, 2.05) is 26.1 Å². The second kappa shape index (κ2) is 6.54. The van der Waals surface area contributed by atoms with Gasteiger partial charge in [0, 0.05) is 24.2 Å². The summed E-state index contributed by atoms with van der Waals surface area (Å²) in [6.45, 7) is 3.74. The Hall–Kier alpha value is -2.14. The SMILES string of the molecule is Cc1cc(/C=C/C(=O)O)cc(C(=O)NC2CCN(C)C2)c1. The van der Waals surface area contributed by atoms with Gasteiger partial charge in [0.1, 0.15) is 0 Å². The van der Waals surface area contributed by atoms with E-state index in [0.717, 1.165) is 31.1 Å². The number of aliphatic carboxylic acids is 1. The molecule has 0 bridgehead atoms. The Labute approximate surface area is 124 Å². The van der Waals surface area contributed by atoms with Crippen LogP contribution in [0.15, 0.2) is 24.3 Å². The molecule has 1 aliphatic heterocycles. The van der Waals surface area contributed by atoms with Crippen molar-refractivity contribution in [2.75, 3.05) is 20.1 Å². The van der Waals surface area contributed by atoms with Crippen LogP contribution in [0.1, 0.15) is 27.9 Å². The van der Waals surface area contributed by atoms with E-state index < -0.39 is 5.97 Å². The lowest BCUT2D eigenvalue weighted by atomic mass is 10.0. The number of nitrogens with zero attached hydrogens (tertiary/aromatic N) is 1. The molecular weight excluding hydrogens is 268 g/mol. The first kappa shape index (κ1) is 15.3. The molecule has 1 saturated heterocycles. The highest BCUT2D eigenvalue weighted by molar-refractivity contribution is 5.95. The van der Waals surface area contributed by atoms with Crippen LogP contribution < -0.4 is 5.32 Å². The molecule has 1 unspecified atom stereocenters. The van der Waals surface area contributed by atoms with Gasteiger partial charge >= 0.3 is 5.97 Å². The van der Waals surface area contributed by atoms with Gasteiger partial charge in [0.2, 0.25) is 0 Å². The Morgan fingerprint density at radius 1 is 1.38 bits per heavy atom. The van der Waals surface area contributed by atoms with Gasteiger partial charge in [0.15, 0.2) is 0 Å². The Morgan fingerprint density at radius 2 is 2.14 bits per heavy atom. The molecule has 21 heavy (non-hydrogen) atoms. The minimum absolute atomic E-state index is 0.107. The summed E-state index contributed by atoms with van der Waals surface area (Å²) in [7, 11) is 2.04. The molecule has 1 fully saturated rings. The third-order valence-electron chi connectivity index (χ3n) is 3.51. The summed E-state index contributed by atoms with van der Waals surface area (Å²) in [6, 6.07) is 5.55. The minimum atomic E-state index is -1.00. The first-order valence-electron chi connectivity index (χ1n) is 6.96. The fourth-order valence-electron chi connectivity index (χ4n) is 2.53. The molecule has 2 N–H and O–H groups in total. The van der Waals surface area contributed by atoms with Crippen LogP contribution in [-0.4, -0.2) is 48.1 Å². The van der Waals surface area contributed by atoms with Crippen molar-refractivity contribution >= 4 is 18.0 Å². The summed E-state index contributed by atoms with van der Waals surface area (Å²) in [5, 5.41) is 11.7. The lowest BCUT2D eigenvalue weighted by Gasteiger charge is -2.13. The standard InChI is InChI=1S/C16H20N2O3/c1-11-7-12(3-4-15(19)20)9-13(8-11)16(21)17-14-5-6-18(2)10-14/h3-4,7-9,14H,5-6,10H2,1-2H3,(H,17,21)(H,19,20)/b4-3+. The maximum Gasteiger partial charge on any atom is 0.328 e. The van der Waals surface area contributed by atoms with Crippen LogP contribution >= 0.6 is 0 Å². The molecule has 1 amide bonds. The van der Waals surface area contributed by atoms with Crippen LogP contribution in [0.5, 0.6) is 0 Å². The van der Waals surface area contributed by atoms with Crippen LogP contribution in [-0.2, 0) is 4.79 Å². The molecule has 0 spiro atoms. The maximum atomic E-state index is 12.3. The van der Waals surface area contributed by atoms with Crippen LogP contribution in [0.2, 0.25) is 0 Å². The second-order valence-corrected chi connectivity index (χ2v) is 5.53. The third kappa shape index (κ3) is 4.43. The molecule has 0 saturated carbocycles. The number of likely N-dealkylation sites (N-methyl/N-ethyl adjacent to an activating group) is 1. The molecule has 1 heterocycles. The Bertz CT molecular complexity index is 581. The highest BCUT2D eigenvalue weighted by atomic mass is 16.4. The summed E-state index contributed by atoms with van der Waals surface area (Å²) in [6.07, 6.45) is 3.53. The van der Waals surface area contributed by atoms with Gasteiger partial charge in [-0.2, -0.15) is 0 Å². The summed E-state index contributed by atoms with van der Waals surface area (Å²) < 4.78 is 0. The van der Waals surface area contributed by atoms with Gasteiger partial charge in [-0.1, -0.05) is 6.07 Å². The first-order valence-corrected chi connectivity index (χ1v) is 6.96. The fourth-order valence-corrected chi connectivity index (χ4v) is 2.53. The molecule has 5 nitrogen and oxygen atoms in total. The number of hydrogen-bond donors (Lipinski definition) is 2. The van der Waals surface area contributed by atoms with E-state index in [9.17, 15) is 9.59 Å². The number of benzene rings is 1. The van der Waals surface area contributed by atoms with E-state index in [1.54, 1.807) is 6.07 Å². The Balaban J connectivity index is 2.11. The minimum Gasteiger partial charge on any atom is -0.478 e. The van der Waals surface area contributed by atoms with Crippen LogP contribution in [0.25, 0.3) is 6.08 Å². The predicted molar refractivity (Wildman–Crippen MR) is 81.2 cm³/mol. The number of carboxylic acid groups (broad SMARTS) is 1. The zero-order valence-corrected chi connectivity index (χ0v) is 12.3. The van der Waals surface area contributed by atoms with E-state index in [0.29, 0.717) is 11.1 Å². The van der Waals surface area contributed by atoms with Crippen molar-refractivity contribution in [3.8, 4) is 0 Å². The summed E-state index contributed by atoms with van der Waals surface area (Å²) in [5.74, 6) is -1.11. The molecule has 1 aliphatic rings. The molecular formula is C16H20N2O3. The number of carbonyl (C=O) groups is 2. The average molecular weight is 288 g/mol. The van der Waals surface area contributed by atoms with Crippen LogP contribution in [0.3, 0.4) is 0 Å². The maximum absolute atomic E-state index is 12.3. The largest absolute Gasteiger partial charge is 0.478 e. The van der Waals surface area contributed by atoms with E-state index in [4.69, 9.17) is 5.11 Å². The van der Waals surface area contributed by atoms with E-state index in [1.165, 1.54) is 6.08 Å². The molecule has 5 heteroatoms. The lowest BCUT2D eigenvalue weighted by molar-refractivity contribution is -0.131. The molecule has 1 aromatic carbocycles. The molecule has 0 aliphatic carbocycles. The van der Waals surface area contributed by atoms with Crippen molar-refractivity contribution in [2.45, 2.75) is 19.4 Å². The molecule has 112 valence electrons. The van der Waals surface area contributed by atoms with Crippen molar-refractivity contribution in [3.63, 3.8) is 0 Å². The lowest BCUT2D eigenvalue weighted by Crippen LogP contribution is -2.36. The number of rotatable bonds is 4. The molecule has 0 radical (unpaired) electrons. The number of carboxylic acids is 1. The predicted octanol–water partition coefficient (Wildman–Crippen LogP) is 1.53. The number of amides is 1. The number of nitrogens with one attached hydrogen (secondary N) is 1. The van der Waals surface area contributed by atoms with E-state index >= 15 is 0 Å². The summed E-state index contributed by atoms with van der Waals surface area (Å²) >= 11 is 0. The highest BCUT2D eigenvalue weighted by Crippen LogP contribution is 2.13. The summed E-state index contributed by atoms with van der Waals surface area (Å²) in [5.41, 5.74) is 2.21. The number of likely N-dealkylation sites (tertiary alicyclic amines) is 1. The van der Waals surface area contributed by atoms with Gasteiger partial charge in [0.25, 0.3) is 5.91 Å². The van der Waals surface area contributed by atoms with Gasteiger partial charge in [0.05, 0.1) is 0 Å². The number of hydrogen-bond acceptors (Lipinski definition) is 3. The number of carbonyl (C=O) groups excluding carboxylic acids is 1. The summed E-state index contributed by atoms with van der Waals surface area (Å²) in [4.78, 5) is 25.0. The molecule has 2 rings (SSSR count). The van der Waals surface area contributed by atoms with Gasteiger partial charge in [-0.15, -0.1) is 0 Å². The first-order chi connectivity index (χ1) is 9.94. The topological polar surface area (TPSA) is 69.6 Å². The van der Waals surface area contributed by atoms with Crippen LogP contribution in [0, 0.1) is 6.92 Å². The molecule has 1 atom stereocenters. The molecule has 0 aromatic heterocycles. The van der Waals surface area contributed by atoms with Crippen molar-refractivity contribution in [1.82, 2.24) is 10.2 Å². The quantitative estimate of drug-likeness (QED) is 0.824. The van der Waals surface area contributed by atoms with Gasteiger partial charge < -0.3 is 15.3 Å². The normalized spacial score (nSPS) is 19.0. The van der Waals surface area contributed by atoms with Gasteiger partial charge in [-0.3, -0.25) is 4.79 Å². The van der Waals surface area contributed by atoms with Crippen molar-refractivity contribution < 1.29 is 14.7 Å². The fraction of sp³-hybridized carbons (Fsp3) is 0.375. The smallest absolute Gasteiger partial charge is 0.328 e. The monoisotopic (exact) mass is 288 g/mol. The second-order valence-electron chi connectivity index (χ2n) is 5.53. The van der Waals surface area contributed by atoms with Crippen molar-refractivity contribution in [1.29, 1.82) is 0 Å². The van der Waals surface area contributed by atoms with Crippen LogP contribution in [0.4, 0.5) is 0 Å².